The van der Waals surface area contributed by atoms with Crippen LogP contribution in [0.3, 0.4) is 0 Å². The Morgan fingerprint density at radius 3 is 2.43 bits per heavy atom. The lowest BCUT2D eigenvalue weighted by Crippen LogP contribution is -2.34. The first-order chi connectivity index (χ1) is 16.9. The van der Waals surface area contributed by atoms with Crippen LogP contribution < -0.4 is 15.5 Å². The molecule has 2 amide bonds. The van der Waals surface area contributed by atoms with Gasteiger partial charge in [-0.25, -0.2) is 10.2 Å². The molecule has 0 fully saturated rings. The number of hydrazone groups is 1. The van der Waals surface area contributed by atoms with E-state index in [0.717, 1.165) is 15.6 Å². The number of benzene rings is 3. The SMILES string of the molecule is Cc1ccc(C(=O)NCC(=O)N/N=C/c2ccc(OC(=O)c3sc4ccccc4c3Cl)cc2)cc1. The Morgan fingerprint density at radius 1 is 1.00 bits per heavy atom. The minimum Gasteiger partial charge on any atom is -0.422 e. The summed E-state index contributed by atoms with van der Waals surface area (Å²) in [6, 6.07) is 21.1. The van der Waals surface area contributed by atoms with Crippen molar-refractivity contribution in [3.63, 3.8) is 0 Å². The second kappa shape index (κ2) is 10.9. The zero-order chi connectivity index (χ0) is 24.8. The van der Waals surface area contributed by atoms with Gasteiger partial charge in [0.1, 0.15) is 10.6 Å². The fraction of sp³-hybridized carbons (Fsp3) is 0.0769. The molecule has 0 aliphatic carbocycles. The second-order valence-electron chi connectivity index (χ2n) is 7.54. The monoisotopic (exact) mass is 505 g/mol. The van der Waals surface area contributed by atoms with Gasteiger partial charge in [0.25, 0.3) is 11.8 Å². The highest BCUT2D eigenvalue weighted by Gasteiger charge is 2.18. The lowest BCUT2D eigenvalue weighted by atomic mass is 10.1. The highest BCUT2D eigenvalue weighted by atomic mass is 35.5. The number of rotatable bonds is 7. The minimum atomic E-state index is -0.530. The zero-order valence-corrected chi connectivity index (χ0v) is 20.2. The molecule has 176 valence electrons. The van der Waals surface area contributed by atoms with E-state index in [-0.39, 0.29) is 12.5 Å². The van der Waals surface area contributed by atoms with Gasteiger partial charge in [-0.1, -0.05) is 47.5 Å². The normalized spacial score (nSPS) is 10.9. The first-order valence-corrected chi connectivity index (χ1v) is 11.8. The van der Waals surface area contributed by atoms with Gasteiger partial charge in [0.05, 0.1) is 17.8 Å². The average Bonchev–Trinajstić information content (AvgIpc) is 3.21. The van der Waals surface area contributed by atoms with Gasteiger partial charge in [0.15, 0.2) is 0 Å². The van der Waals surface area contributed by atoms with E-state index in [0.29, 0.717) is 26.8 Å². The van der Waals surface area contributed by atoms with E-state index in [1.165, 1.54) is 17.6 Å². The van der Waals surface area contributed by atoms with Gasteiger partial charge in [-0.05, 0) is 55.0 Å². The van der Waals surface area contributed by atoms with Crippen LogP contribution in [0.5, 0.6) is 5.75 Å². The molecule has 35 heavy (non-hydrogen) atoms. The number of hydrogen-bond acceptors (Lipinski definition) is 6. The van der Waals surface area contributed by atoms with Gasteiger partial charge < -0.3 is 10.1 Å². The number of amides is 2. The summed E-state index contributed by atoms with van der Waals surface area (Å²) in [7, 11) is 0. The summed E-state index contributed by atoms with van der Waals surface area (Å²) in [4.78, 5) is 36.9. The fourth-order valence-electron chi connectivity index (χ4n) is 3.11. The van der Waals surface area contributed by atoms with Crippen LogP contribution in [0.25, 0.3) is 10.1 Å². The Hall–Kier alpha value is -4.01. The Balaban J connectivity index is 1.26. The topological polar surface area (TPSA) is 96.9 Å². The summed E-state index contributed by atoms with van der Waals surface area (Å²) in [6.07, 6.45) is 1.44. The van der Waals surface area contributed by atoms with E-state index in [9.17, 15) is 14.4 Å². The van der Waals surface area contributed by atoms with Gasteiger partial charge in [-0.15, -0.1) is 11.3 Å². The molecule has 0 atom stereocenters. The molecule has 3 aromatic carbocycles. The van der Waals surface area contributed by atoms with E-state index >= 15 is 0 Å². The molecule has 0 aliphatic rings. The van der Waals surface area contributed by atoms with Gasteiger partial charge in [-0.3, -0.25) is 9.59 Å². The number of hydrogen-bond donors (Lipinski definition) is 2. The Morgan fingerprint density at radius 2 is 1.71 bits per heavy atom. The average molecular weight is 506 g/mol. The third-order valence-electron chi connectivity index (χ3n) is 4.94. The molecule has 4 aromatic rings. The standard InChI is InChI=1S/C26H20ClN3O4S/c1-16-6-10-18(11-7-16)25(32)28-15-22(31)30-29-14-17-8-12-19(13-9-17)34-26(33)24-23(27)20-4-2-3-5-21(20)35-24/h2-14H,15H2,1H3,(H,28,32)(H,30,31)/b29-14+. The zero-order valence-electron chi connectivity index (χ0n) is 18.6. The molecule has 2 N–H and O–H groups in total. The maximum atomic E-state index is 12.6. The molecule has 0 saturated heterocycles. The van der Waals surface area contributed by atoms with Crippen molar-refractivity contribution in [2.45, 2.75) is 6.92 Å². The van der Waals surface area contributed by atoms with Crippen LogP contribution in [-0.2, 0) is 4.79 Å². The van der Waals surface area contributed by atoms with E-state index in [1.54, 1.807) is 36.4 Å². The molecule has 9 heteroatoms. The molecule has 0 saturated carbocycles. The predicted molar refractivity (Wildman–Crippen MR) is 137 cm³/mol. The van der Waals surface area contributed by atoms with Crippen LogP contribution in [0.2, 0.25) is 5.02 Å². The number of nitrogens with zero attached hydrogens (tertiary/aromatic N) is 1. The number of ether oxygens (including phenoxy) is 1. The fourth-order valence-corrected chi connectivity index (χ4v) is 4.49. The molecule has 1 aromatic heterocycles. The van der Waals surface area contributed by atoms with Crippen molar-refractivity contribution in [3.05, 3.63) is 99.4 Å². The third kappa shape index (κ3) is 6.11. The summed E-state index contributed by atoms with van der Waals surface area (Å²) in [5.74, 6) is -0.986. The second-order valence-corrected chi connectivity index (χ2v) is 8.97. The lowest BCUT2D eigenvalue weighted by Gasteiger charge is -2.05. The number of carbonyl (C=O) groups is 3. The summed E-state index contributed by atoms with van der Waals surface area (Å²) < 4.78 is 6.35. The number of nitrogens with one attached hydrogen (secondary N) is 2. The van der Waals surface area contributed by atoms with E-state index in [1.807, 2.05) is 43.3 Å². The van der Waals surface area contributed by atoms with Crippen molar-refractivity contribution in [2.24, 2.45) is 5.10 Å². The molecule has 4 rings (SSSR count). The Labute approximate surface area is 210 Å². The molecule has 7 nitrogen and oxygen atoms in total. The molecule has 0 radical (unpaired) electrons. The molecule has 0 spiro atoms. The molecule has 1 heterocycles. The largest absolute Gasteiger partial charge is 0.422 e. The number of aryl methyl sites for hydroxylation is 1. The maximum Gasteiger partial charge on any atom is 0.355 e. The van der Waals surface area contributed by atoms with E-state index in [2.05, 4.69) is 15.8 Å². The van der Waals surface area contributed by atoms with Crippen LogP contribution in [0, 0.1) is 6.92 Å². The summed E-state index contributed by atoms with van der Waals surface area (Å²) >= 11 is 7.62. The number of thiophene rings is 1. The van der Waals surface area contributed by atoms with Gasteiger partial charge in [-0.2, -0.15) is 5.10 Å². The predicted octanol–water partition coefficient (Wildman–Crippen LogP) is 4.96. The molecular weight excluding hydrogens is 486 g/mol. The number of fused-ring (bicyclic) bond motifs is 1. The van der Waals surface area contributed by atoms with Gasteiger partial charge in [0, 0.05) is 15.6 Å². The van der Waals surface area contributed by atoms with Crippen molar-refractivity contribution in [2.75, 3.05) is 6.54 Å². The summed E-state index contributed by atoms with van der Waals surface area (Å²) in [6.45, 7) is 1.72. The number of halogens is 1. The van der Waals surface area contributed by atoms with Gasteiger partial charge in [0.2, 0.25) is 0 Å². The van der Waals surface area contributed by atoms with Crippen LogP contribution >= 0.6 is 22.9 Å². The first kappa shape index (κ1) is 24.1. The Kier molecular flexibility index (Phi) is 7.54. The van der Waals surface area contributed by atoms with E-state index < -0.39 is 11.9 Å². The van der Waals surface area contributed by atoms with Crippen molar-refractivity contribution < 1.29 is 19.1 Å². The van der Waals surface area contributed by atoms with Crippen molar-refractivity contribution in [3.8, 4) is 5.75 Å². The van der Waals surface area contributed by atoms with Crippen LogP contribution in [0.4, 0.5) is 0 Å². The minimum absolute atomic E-state index is 0.209. The number of esters is 1. The smallest absolute Gasteiger partial charge is 0.355 e. The lowest BCUT2D eigenvalue weighted by molar-refractivity contribution is -0.120. The molecular formula is C26H20ClN3O4S. The van der Waals surface area contributed by atoms with Crippen molar-refractivity contribution in [1.29, 1.82) is 0 Å². The molecule has 0 unspecified atom stereocenters. The van der Waals surface area contributed by atoms with Crippen LogP contribution in [-0.4, -0.2) is 30.5 Å². The van der Waals surface area contributed by atoms with Crippen LogP contribution in [0.15, 0.2) is 77.9 Å². The summed E-state index contributed by atoms with van der Waals surface area (Å²) in [5, 5.41) is 7.61. The quantitative estimate of drug-likeness (QED) is 0.160. The van der Waals surface area contributed by atoms with Crippen molar-refractivity contribution in [1.82, 2.24) is 10.7 Å². The van der Waals surface area contributed by atoms with Gasteiger partial charge >= 0.3 is 5.97 Å². The van der Waals surface area contributed by atoms with E-state index in [4.69, 9.17) is 16.3 Å². The first-order valence-electron chi connectivity index (χ1n) is 10.6. The third-order valence-corrected chi connectivity index (χ3v) is 6.59. The highest BCUT2D eigenvalue weighted by molar-refractivity contribution is 7.21. The summed E-state index contributed by atoms with van der Waals surface area (Å²) in [5.41, 5.74) is 4.54. The molecule has 0 aliphatic heterocycles. The maximum absolute atomic E-state index is 12.6. The highest BCUT2D eigenvalue weighted by Crippen LogP contribution is 2.35. The van der Waals surface area contributed by atoms with Crippen LogP contribution in [0.1, 0.15) is 31.2 Å². The molecule has 0 bridgehead atoms. The number of carbonyl (C=O) groups excluding carboxylic acids is 3. The van der Waals surface area contributed by atoms with Crippen molar-refractivity contribution >= 4 is 57.0 Å². The Bertz CT molecular complexity index is 1410.